The van der Waals surface area contributed by atoms with Crippen molar-refractivity contribution in [2.45, 2.75) is 0 Å². The fraction of sp³-hybridized carbons (Fsp3) is 0.0526. The van der Waals surface area contributed by atoms with E-state index in [0.29, 0.717) is 5.69 Å². The molecule has 116 valence electrons. The number of nitrogen functional groups attached to an aromatic ring is 2. The fourth-order valence-electron chi connectivity index (χ4n) is 2.41. The highest BCUT2D eigenvalue weighted by Crippen LogP contribution is 2.32. The molecule has 0 atom stereocenters. The van der Waals surface area contributed by atoms with Crippen molar-refractivity contribution < 1.29 is 4.74 Å². The fourth-order valence-corrected chi connectivity index (χ4v) is 2.41. The summed E-state index contributed by atoms with van der Waals surface area (Å²) in [4.78, 5) is 0. The van der Waals surface area contributed by atoms with Gasteiger partial charge in [0.05, 0.1) is 7.11 Å². The second-order valence-corrected chi connectivity index (χ2v) is 5.28. The molecule has 0 spiro atoms. The van der Waals surface area contributed by atoms with Crippen molar-refractivity contribution in [3.63, 3.8) is 0 Å². The molecule has 0 saturated heterocycles. The Morgan fingerprint density at radius 2 is 1.43 bits per heavy atom. The minimum absolute atomic E-state index is 0.709. The molecule has 0 unspecified atom stereocenters. The van der Waals surface area contributed by atoms with Crippen LogP contribution in [0.4, 0.5) is 22.7 Å². The Hall–Kier alpha value is -3.14. The summed E-state index contributed by atoms with van der Waals surface area (Å²) >= 11 is 0. The van der Waals surface area contributed by atoms with Crippen LogP contribution < -0.4 is 21.5 Å². The molecule has 0 bridgehead atoms. The van der Waals surface area contributed by atoms with Crippen molar-refractivity contribution >= 4 is 22.7 Å². The molecule has 0 amide bonds. The number of rotatable bonds is 4. The maximum Gasteiger partial charge on any atom is 0.119 e. The van der Waals surface area contributed by atoms with Gasteiger partial charge >= 0.3 is 0 Å². The largest absolute Gasteiger partial charge is 0.497 e. The Bertz CT molecular complexity index is 796. The van der Waals surface area contributed by atoms with Crippen molar-refractivity contribution in [1.82, 2.24) is 0 Å². The maximum atomic E-state index is 5.95. The van der Waals surface area contributed by atoms with Crippen LogP contribution in [0.5, 0.6) is 5.75 Å². The molecular weight excluding hydrogens is 286 g/mol. The molecule has 5 N–H and O–H groups in total. The van der Waals surface area contributed by atoms with Crippen LogP contribution in [0.25, 0.3) is 11.1 Å². The summed E-state index contributed by atoms with van der Waals surface area (Å²) < 4.78 is 5.18. The number of hydrogen-bond donors (Lipinski definition) is 3. The Labute approximate surface area is 135 Å². The average molecular weight is 305 g/mol. The monoisotopic (exact) mass is 305 g/mol. The lowest BCUT2D eigenvalue weighted by Crippen LogP contribution is -1.96. The van der Waals surface area contributed by atoms with E-state index in [2.05, 4.69) is 5.32 Å². The minimum Gasteiger partial charge on any atom is -0.497 e. The molecule has 0 aromatic heterocycles. The van der Waals surface area contributed by atoms with E-state index in [1.807, 2.05) is 66.7 Å². The van der Waals surface area contributed by atoms with Gasteiger partial charge in [-0.3, -0.25) is 0 Å². The van der Waals surface area contributed by atoms with Gasteiger partial charge in [0.15, 0.2) is 0 Å². The highest BCUT2D eigenvalue weighted by Gasteiger charge is 2.07. The number of anilines is 4. The predicted octanol–water partition coefficient (Wildman–Crippen LogP) is 4.27. The first-order valence-electron chi connectivity index (χ1n) is 7.32. The second kappa shape index (κ2) is 6.32. The van der Waals surface area contributed by atoms with E-state index < -0.39 is 0 Å². The van der Waals surface area contributed by atoms with E-state index in [1.165, 1.54) is 0 Å². The molecule has 3 aromatic carbocycles. The molecule has 23 heavy (non-hydrogen) atoms. The standard InChI is InChI=1S/C19H19N3O/c1-23-17-9-7-16(8-10-17)22-19-12-15(21)6-11-18(19)13-2-4-14(20)5-3-13/h2-12,22H,20-21H2,1H3. The van der Waals surface area contributed by atoms with E-state index in [-0.39, 0.29) is 0 Å². The summed E-state index contributed by atoms with van der Waals surface area (Å²) in [6.07, 6.45) is 0. The first-order valence-corrected chi connectivity index (χ1v) is 7.32. The zero-order valence-electron chi connectivity index (χ0n) is 12.9. The van der Waals surface area contributed by atoms with Gasteiger partial charge in [0.25, 0.3) is 0 Å². The van der Waals surface area contributed by atoms with Gasteiger partial charge in [-0.15, -0.1) is 0 Å². The number of benzene rings is 3. The number of ether oxygens (including phenoxy) is 1. The van der Waals surface area contributed by atoms with Gasteiger partial charge in [-0.2, -0.15) is 0 Å². The maximum absolute atomic E-state index is 5.95. The molecule has 3 rings (SSSR count). The average Bonchev–Trinajstić information content (AvgIpc) is 2.57. The molecule has 0 aliphatic carbocycles. The number of hydrogen-bond acceptors (Lipinski definition) is 4. The third-order valence-corrected chi connectivity index (χ3v) is 3.63. The molecule has 4 heteroatoms. The first kappa shape index (κ1) is 14.8. The van der Waals surface area contributed by atoms with E-state index in [9.17, 15) is 0 Å². The summed E-state index contributed by atoms with van der Waals surface area (Å²) in [5.41, 5.74) is 17.2. The zero-order valence-corrected chi connectivity index (χ0v) is 12.9. The quantitative estimate of drug-likeness (QED) is 0.629. The smallest absolute Gasteiger partial charge is 0.119 e. The normalized spacial score (nSPS) is 10.3. The van der Waals surface area contributed by atoms with Crippen molar-refractivity contribution in [3.05, 3.63) is 66.7 Å². The number of methoxy groups -OCH3 is 1. The molecule has 0 aliphatic heterocycles. The molecule has 0 radical (unpaired) electrons. The summed E-state index contributed by atoms with van der Waals surface area (Å²) in [5.74, 6) is 0.821. The van der Waals surface area contributed by atoms with Crippen LogP contribution in [0.2, 0.25) is 0 Å². The molecule has 0 saturated carbocycles. The van der Waals surface area contributed by atoms with Gasteiger partial charge in [0.1, 0.15) is 5.75 Å². The topological polar surface area (TPSA) is 73.3 Å². The van der Waals surface area contributed by atoms with E-state index in [1.54, 1.807) is 7.11 Å². The van der Waals surface area contributed by atoms with E-state index in [0.717, 1.165) is 33.9 Å². The van der Waals surface area contributed by atoms with Gasteiger partial charge in [-0.25, -0.2) is 0 Å². The molecule has 0 aliphatic rings. The van der Waals surface area contributed by atoms with Crippen molar-refractivity contribution in [1.29, 1.82) is 0 Å². The van der Waals surface area contributed by atoms with Crippen LogP contribution in [-0.4, -0.2) is 7.11 Å². The molecule has 0 heterocycles. The van der Waals surface area contributed by atoms with Crippen LogP contribution in [0.15, 0.2) is 66.7 Å². The van der Waals surface area contributed by atoms with Gasteiger partial charge in [0, 0.05) is 28.3 Å². The highest BCUT2D eigenvalue weighted by atomic mass is 16.5. The van der Waals surface area contributed by atoms with Gasteiger partial charge in [-0.1, -0.05) is 18.2 Å². The van der Waals surface area contributed by atoms with Gasteiger partial charge in [0.2, 0.25) is 0 Å². The Balaban J connectivity index is 1.96. The van der Waals surface area contributed by atoms with Crippen molar-refractivity contribution in [3.8, 4) is 16.9 Å². The minimum atomic E-state index is 0.709. The Morgan fingerprint density at radius 1 is 0.783 bits per heavy atom. The van der Waals surface area contributed by atoms with Crippen LogP contribution in [0.3, 0.4) is 0 Å². The lowest BCUT2D eigenvalue weighted by molar-refractivity contribution is 0.415. The lowest BCUT2D eigenvalue weighted by Gasteiger charge is -2.14. The zero-order chi connectivity index (χ0) is 16.2. The Morgan fingerprint density at radius 3 is 2.09 bits per heavy atom. The lowest BCUT2D eigenvalue weighted by atomic mass is 10.0. The molecule has 3 aromatic rings. The summed E-state index contributed by atoms with van der Waals surface area (Å²) in [7, 11) is 1.65. The summed E-state index contributed by atoms with van der Waals surface area (Å²) in [6, 6.07) is 21.4. The third-order valence-electron chi connectivity index (χ3n) is 3.63. The number of nitrogens with one attached hydrogen (secondary N) is 1. The summed E-state index contributed by atoms with van der Waals surface area (Å²) in [6.45, 7) is 0. The molecule has 4 nitrogen and oxygen atoms in total. The van der Waals surface area contributed by atoms with Crippen LogP contribution >= 0.6 is 0 Å². The van der Waals surface area contributed by atoms with Crippen molar-refractivity contribution in [2.24, 2.45) is 0 Å². The first-order chi connectivity index (χ1) is 11.2. The van der Waals surface area contributed by atoms with Crippen molar-refractivity contribution in [2.75, 3.05) is 23.9 Å². The SMILES string of the molecule is COc1ccc(Nc2cc(N)ccc2-c2ccc(N)cc2)cc1. The summed E-state index contributed by atoms with van der Waals surface area (Å²) in [5, 5.41) is 3.41. The van der Waals surface area contributed by atoms with Gasteiger partial charge < -0.3 is 21.5 Å². The third kappa shape index (κ3) is 3.37. The molecule has 0 fully saturated rings. The van der Waals surface area contributed by atoms with Crippen LogP contribution in [0.1, 0.15) is 0 Å². The number of nitrogens with two attached hydrogens (primary N) is 2. The van der Waals surface area contributed by atoms with E-state index >= 15 is 0 Å². The van der Waals surface area contributed by atoms with Gasteiger partial charge in [-0.05, 0) is 54.1 Å². The van der Waals surface area contributed by atoms with Crippen LogP contribution in [-0.2, 0) is 0 Å². The Kier molecular flexibility index (Phi) is 4.06. The highest BCUT2D eigenvalue weighted by molar-refractivity contribution is 5.83. The molecular formula is C19H19N3O. The van der Waals surface area contributed by atoms with E-state index in [4.69, 9.17) is 16.2 Å². The second-order valence-electron chi connectivity index (χ2n) is 5.28. The predicted molar refractivity (Wildman–Crippen MR) is 97.0 cm³/mol. The van der Waals surface area contributed by atoms with Crippen LogP contribution in [0, 0.1) is 0 Å².